The maximum atomic E-state index is 13.6. The number of rotatable bonds is 7. The first kappa shape index (κ1) is 19.9. The number of carbonyl (C=O) groups excluding carboxylic acids is 1. The van der Waals surface area contributed by atoms with Crippen molar-refractivity contribution >= 4 is 16.9 Å². The Labute approximate surface area is 163 Å². The van der Waals surface area contributed by atoms with Gasteiger partial charge in [0, 0.05) is 19.5 Å². The minimum atomic E-state index is -0.236. The third-order valence-electron chi connectivity index (χ3n) is 5.16. The molecule has 0 saturated carbocycles. The van der Waals surface area contributed by atoms with Crippen molar-refractivity contribution in [3.8, 4) is 0 Å². The highest BCUT2D eigenvalue weighted by molar-refractivity contribution is 5.77. The van der Waals surface area contributed by atoms with Crippen LogP contribution in [-0.2, 0) is 11.3 Å². The first-order chi connectivity index (χ1) is 13.4. The summed E-state index contributed by atoms with van der Waals surface area (Å²) in [7, 11) is 0. The molecule has 5 nitrogen and oxygen atoms in total. The molecule has 3 rings (SSSR count). The average Bonchev–Trinajstić information content (AvgIpc) is 2.97. The lowest BCUT2D eigenvalue weighted by Crippen LogP contribution is -2.31. The number of hydrogen-bond acceptors (Lipinski definition) is 2. The number of benzene rings is 2. The van der Waals surface area contributed by atoms with E-state index in [1.54, 1.807) is 17.6 Å². The Morgan fingerprint density at radius 2 is 1.96 bits per heavy atom. The van der Waals surface area contributed by atoms with E-state index in [-0.39, 0.29) is 29.2 Å². The smallest absolute Gasteiger partial charge is 0.326 e. The summed E-state index contributed by atoms with van der Waals surface area (Å²) in [6.07, 6.45) is 0.325. The number of aromatic amines is 1. The molecule has 0 spiro atoms. The van der Waals surface area contributed by atoms with E-state index >= 15 is 0 Å². The van der Waals surface area contributed by atoms with Crippen LogP contribution in [0, 0.1) is 18.7 Å². The molecule has 0 radical (unpaired) electrons. The second kappa shape index (κ2) is 8.42. The van der Waals surface area contributed by atoms with Crippen molar-refractivity contribution in [2.45, 2.75) is 39.7 Å². The Kier molecular flexibility index (Phi) is 5.97. The fourth-order valence-corrected chi connectivity index (χ4v) is 3.54. The Morgan fingerprint density at radius 3 is 2.68 bits per heavy atom. The molecule has 0 fully saturated rings. The fraction of sp³-hybridized carbons (Fsp3) is 0.364. The number of nitrogens with one attached hydrogen (secondary N) is 2. The SMILES string of the molecule is Cc1cc(C(CC(=O)NCCn2c(=O)[nH]c3ccccc32)C(C)C)ccc1F. The van der Waals surface area contributed by atoms with Gasteiger partial charge >= 0.3 is 5.69 Å². The van der Waals surface area contributed by atoms with Gasteiger partial charge in [0.15, 0.2) is 0 Å². The number of aromatic nitrogens is 2. The van der Waals surface area contributed by atoms with E-state index in [9.17, 15) is 14.0 Å². The molecule has 1 heterocycles. The molecule has 148 valence electrons. The second-order valence-corrected chi connectivity index (χ2v) is 7.51. The largest absolute Gasteiger partial charge is 0.354 e. The molecule has 0 aliphatic rings. The molecule has 28 heavy (non-hydrogen) atoms. The van der Waals surface area contributed by atoms with E-state index in [2.05, 4.69) is 24.1 Å². The van der Waals surface area contributed by atoms with E-state index in [1.807, 2.05) is 30.3 Å². The fourth-order valence-electron chi connectivity index (χ4n) is 3.54. The van der Waals surface area contributed by atoms with E-state index in [0.29, 0.717) is 25.1 Å². The van der Waals surface area contributed by atoms with Crippen LogP contribution in [0.5, 0.6) is 0 Å². The summed E-state index contributed by atoms with van der Waals surface area (Å²) in [5.41, 5.74) is 2.98. The minimum Gasteiger partial charge on any atom is -0.354 e. The first-order valence-electron chi connectivity index (χ1n) is 9.57. The van der Waals surface area contributed by atoms with Crippen LogP contribution < -0.4 is 11.0 Å². The maximum absolute atomic E-state index is 13.6. The summed E-state index contributed by atoms with van der Waals surface area (Å²) < 4.78 is 15.2. The Morgan fingerprint density at radius 1 is 1.21 bits per heavy atom. The van der Waals surface area contributed by atoms with E-state index < -0.39 is 0 Å². The molecule has 0 aliphatic heterocycles. The second-order valence-electron chi connectivity index (χ2n) is 7.51. The zero-order valence-electron chi connectivity index (χ0n) is 16.5. The van der Waals surface area contributed by atoms with Gasteiger partial charge in [-0.25, -0.2) is 9.18 Å². The highest BCUT2D eigenvalue weighted by Crippen LogP contribution is 2.29. The van der Waals surface area contributed by atoms with Crippen LogP contribution in [0.1, 0.15) is 37.3 Å². The van der Waals surface area contributed by atoms with Crippen molar-refractivity contribution in [1.82, 2.24) is 14.9 Å². The lowest BCUT2D eigenvalue weighted by molar-refractivity contribution is -0.121. The van der Waals surface area contributed by atoms with Crippen LogP contribution in [0.3, 0.4) is 0 Å². The van der Waals surface area contributed by atoms with Crippen LogP contribution >= 0.6 is 0 Å². The third kappa shape index (κ3) is 4.32. The Balaban J connectivity index is 1.62. The Hall–Kier alpha value is -2.89. The summed E-state index contributed by atoms with van der Waals surface area (Å²) in [5, 5.41) is 2.91. The zero-order valence-corrected chi connectivity index (χ0v) is 16.5. The molecule has 1 amide bonds. The molecule has 6 heteroatoms. The predicted octanol–water partition coefficient (Wildman–Crippen LogP) is 3.72. The van der Waals surface area contributed by atoms with Crippen LogP contribution in [0.25, 0.3) is 11.0 Å². The molecule has 1 atom stereocenters. The lowest BCUT2D eigenvalue weighted by Gasteiger charge is -2.21. The van der Waals surface area contributed by atoms with Crippen molar-refractivity contribution in [3.63, 3.8) is 0 Å². The number of carbonyl (C=O) groups is 1. The average molecular weight is 383 g/mol. The monoisotopic (exact) mass is 383 g/mol. The number of fused-ring (bicyclic) bond motifs is 1. The topological polar surface area (TPSA) is 66.9 Å². The van der Waals surface area contributed by atoms with E-state index in [1.165, 1.54) is 6.07 Å². The number of H-pyrrole nitrogens is 1. The highest BCUT2D eigenvalue weighted by atomic mass is 19.1. The van der Waals surface area contributed by atoms with Crippen molar-refractivity contribution in [2.24, 2.45) is 5.92 Å². The molecular weight excluding hydrogens is 357 g/mol. The standard InChI is InChI=1S/C22H26FN3O2/c1-14(2)17(16-8-9-18(23)15(3)12-16)13-21(27)24-10-11-26-20-7-5-4-6-19(20)25-22(26)28/h4-9,12,14,17H,10-11,13H2,1-3H3,(H,24,27)(H,25,28). The van der Waals surface area contributed by atoms with Crippen LogP contribution in [0.2, 0.25) is 0 Å². The summed E-state index contributed by atoms with van der Waals surface area (Å²) in [6, 6.07) is 12.5. The van der Waals surface area contributed by atoms with E-state index in [0.717, 1.165) is 16.6 Å². The van der Waals surface area contributed by atoms with Gasteiger partial charge < -0.3 is 10.3 Å². The van der Waals surface area contributed by atoms with Crippen LogP contribution in [0.4, 0.5) is 4.39 Å². The number of hydrogen-bond donors (Lipinski definition) is 2. The summed E-state index contributed by atoms with van der Waals surface area (Å²) in [6.45, 7) is 6.62. The van der Waals surface area contributed by atoms with Gasteiger partial charge in [-0.15, -0.1) is 0 Å². The zero-order chi connectivity index (χ0) is 20.3. The lowest BCUT2D eigenvalue weighted by atomic mass is 9.85. The minimum absolute atomic E-state index is 0.00936. The number of amides is 1. The highest BCUT2D eigenvalue weighted by Gasteiger charge is 2.20. The predicted molar refractivity (Wildman–Crippen MR) is 109 cm³/mol. The number of para-hydroxylation sites is 2. The van der Waals surface area contributed by atoms with E-state index in [4.69, 9.17) is 0 Å². The number of halogens is 1. The number of nitrogens with zero attached hydrogens (tertiary/aromatic N) is 1. The Bertz CT molecular complexity index is 1040. The molecular formula is C22H26FN3O2. The van der Waals surface area contributed by atoms with Gasteiger partial charge in [0.1, 0.15) is 5.82 Å². The molecule has 1 unspecified atom stereocenters. The van der Waals surface area contributed by atoms with Crippen molar-refractivity contribution in [2.75, 3.05) is 6.54 Å². The normalized spacial score (nSPS) is 12.5. The molecule has 3 aromatic rings. The summed E-state index contributed by atoms with van der Waals surface area (Å²) in [5.74, 6) is -0.0598. The van der Waals surface area contributed by atoms with Gasteiger partial charge in [-0.05, 0) is 48.1 Å². The molecule has 1 aromatic heterocycles. The number of aryl methyl sites for hydroxylation is 1. The quantitative estimate of drug-likeness (QED) is 0.653. The summed E-state index contributed by atoms with van der Waals surface area (Å²) in [4.78, 5) is 27.4. The third-order valence-corrected chi connectivity index (χ3v) is 5.16. The van der Waals surface area contributed by atoms with Crippen molar-refractivity contribution in [1.29, 1.82) is 0 Å². The van der Waals surface area contributed by atoms with Gasteiger partial charge in [0.2, 0.25) is 5.91 Å². The molecule has 0 saturated heterocycles. The van der Waals surface area contributed by atoms with Crippen molar-refractivity contribution < 1.29 is 9.18 Å². The molecule has 2 aromatic carbocycles. The first-order valence-corrected chi connectivity index (χ1v) is 9.57. The van der Waals surface area contributed by atoms with Gasteiger partial charge in [0.25, 0.3) is 0 Å². The molecule has 0 bridgehead atoms. The van der Waals surface area contributed by atoms with Gasteiger partial charge in [-0.1, -0.05) is 38.1 Å². The van der Waals surface area contributed by atoms with Gasteiger partial charge in [0.05, 0.1) is 11.0 Å². The maximum Gasteiger partial charge on any atom is 0.326 e. The summed E-state index contributed by atoms with van der Waals surface area (Å²) >= 11 is 0. The number of imidazole rings is 1. The van der Waals surface area contributed by atoms with Crippen LogP contribution in [-0.4, -0.2) is 22.0 Å². The molecule has 2 N–H and O–H groups in total. The van der Waals surface area contributed by atoms with Crippen LogP contribution in [0.15, 0.2) is 47.3 Å². The van der Waals surface area contributed by atoms with Gasteiger partial charge in [-0.3, -0.25) is 9.36 Å². The molecule has 0 aliphatic carbocycles. The van der Waals surface area contributed by atoms with Crippen molar-refractivity contribution in [3.05, 3.63) is 69.9 Å². The van der Waals surface area contributed by atoms with Gasteiger partial charge in [-0.2, -0.15) is 0 Å².